The third-order valence-corrected chi connectivity index (χ3v) is 4.60. The Morgan fingerprint density at radius 3 is 2.11 bits per heavy atom. The van der Waals surface area contributed by atoms with Crippen LogP contribution in [0.4, 0.5) is 5.69 Å². The molecule has 1 aromatic carbocycles. The summed E-state index contributed by atoms with van der Waals surface area (Å²) in [6, 6.07) is 8.87. The van der Waals surface area contributed by atoms with Gasteiger partial charge in [-0.2, -0.15) is 0 Å². The summed E-state index contributed by atoms with van der Waals surface area (Å²) in [5, 5.41) is 0. The van der Waals surface area contributed by atoms with E-state index in [0.717, 1.165) is 5.69 Å². The molecule has 0 amide bonds. The van der Waals surface area contributed by atoms with Crippen molar-refractivity contribution in [2.75, 3.05) is 18.8 Å². The van der Waals surface area contributed by atoms with E-state index in [1.807, 2.05) is 12.1 Å². The first kappa shape index (κ1) is 14.4. The van der Waals surface area contributed by atoms with E-state index < -0.39 is 0 Å². The fourth-order valence-corrected chi connectivity index (χ4v) is 3.58. The number of nitrogens with two attached hydrogens (primary N) is 1. The molecule has 2 rings (SSSR count). The molecule has 1 unspecified atom stereocenters. The molecule has 0 spiro atoms. The number of hydrogen-bond donors (Lipinski definition) is 1. The zero-order valence-electron chi connectivity index (χ0n) is 12.7. The van der Waals surface area contributed by atoms with Crippen LogP contribution in [-0.2, 0) is 0 Å². The van der Waals surface area contributed by atoms with E-state index in [1.165, 1.54) is 44.3 Å². The predicted octanol–water partition coefficient (Wildman–Crippen LogP) is 4.23. The molecule has 106 valence electrons. The van der Waals surface area contributed by atoms with Gasteiger partial charge >= 0.3 is 0 Å². The lowest BCUT2D eigenvalue weighted by atomic mass is 9.72. The van der Waals surface area contributed by atoms with Gasteiger partial charge in [0.1, 0.15) is 0 Å². The van der Waals surface area contributed by atoms with Crippen LogP contribution < -0.4 is 5.73 Å². The van der Waals surface area contributed by atoms with E-state index >= 15 is 0 Å². The van der Waals surface area contributed by atoms with Gasteiger partial charge in [-0.3, -0.25) is 4.90 Å². The van der Waals surface area contributed by atoms with Gasteiger partial charge in [-0.25, -0.2) is 0 Å². The van der Waals surface area contributed by atoms with Gasteiger partial charge < -0.3 is 5.73 Å². The largest absolute Gasteiger partial charge is 0.399 e. The number of benzene rings is 1. The second kappa shape index (κ2) is 5.96. The molecule has 2 N–H and O–H groups in total. The summed E-state index contributed by atoms with van der Waals surface area (Å²) >= 11 is 0. The van der Waals surface area contributed by atoms with E-state index in [4.69, 9.17) is 5.73 Å². The highest BCUT2D eigenvalue weighted by Gasteiger charge is 2.42. The Hall–Kier alpha value is -1.02. The van der Waals surface area contributed by atoms with Crippen molar-refractivity contribution < 1.29 is 0 Å². The highest BCUT2D eigenvalue weighted by atomic mass is 15.2. The van der Waals surface area contributed by atoms with Crippen LogP contribution >= 0.6 is 0 Å². The molecular formula is C17H28N2. The number of rotatable bonds is 6. The van der Waals surface area contributed by atoms with E-state index in [0.29, 0.717) is 11.5 Å². The lowest BCUT2D eigenvalue weighted by Crippen LogP contribution is -2.56. The fraction of sp³-hybridized carbons (Fsp3) is 0.647. The molecule has 1 aliphatic heterocycles. The van der Waals surface area contributed by atoms with Gasteiger partial charge in [-0.1, -0.05) is 38.8 Å². The van der Waals surface area contributed by atoms with Crippen molar-refractivity contribution in [2.45, 2.75) is 52.5 Å². The third-order valence-electron chi connectivity index (χ3n) is 4.60. The quantitative estimate of drug-likeness (QED) is 0.775. The van der Waals surface area contributed by atoms with Crippen molar-refractivity contribution in [1.29, 1.82) is 0 Å². The van der Waals surface area contributed by atoms with E-state index in [2.05, 4.69) is 37.8 Å². The number of nitrogens with zero attached hydrogens (tertiary/aromatic N) is 1. The number of nitrogen functional groups attached to an aromatic ring is 1. The third kappa shape index (κ3) is 3.11. The Kier molecular flexibility index (Phi) is 4.51. The van der Waals surface area contributed by atoms with Crippen molar-refractivity contribution in [1.82, 2.24) is 4.90 Å². The van der Waals surface area contributed by atoms with Crippen LogP contribution in [0.2, 0.25) is 0 Å². The maximum absolute atomic E-state index is 5.76. The van der Waals surface area contributed by atoms with Crippen molar-refractivity contribution in [3.63, 3.8) is 0 Å². The minimum atomic E-state index is 0.516. The molecule has 0 aromatic heterocycles. The molecule has 0 aliphatic carbocycles. The Morgan fingerprint density at radius 2 is 1.63 bits per heavy atom. The molecule has 1 heterocycles. The zero-order chi connectivity index (χ0) is 13.9. The Labute approximate surface area is 118 Å². The van der Waals surface area contributed by atoms with Crippen LogP contribution in [0.3, 0.4) is 0 Å². The number of hydrogen-bond acceptors (Lipinski definition) is 2. The van der Waals surface area contributed by atoms with Gasteiger partial charge in [-0.05, 0) is 42.9 Å². The summed E-state index contributed by atoms with van der Waals surface area (Å²) in [6.07, 6.45) is 5.38. The highest BCUT2D eigenvalue weighted by molar-refractivity contribution is 5.40. The first-order chi connectivity index (χ1) is 9.10. The van der Waals surface area contributed by atoms with Crippen LogP contribution in [0.25, 0.3) is 0 Å². The van der Waals surface area contributed by atoms with Crippen molar-refractivity contribution >= 4 is 5.69 Å². The maximum atomic E-state index is 5.76. The number of likely N-dealkylation sites (tertiary alicyclic amines) is 1. The highest BCUT2D eigenvalue weighted by Crippen LogP contribution is 2.43. The van der Waals surface area contributed by atoms with E-state index in [-0.39, 0.29) is 0 Å². The number of anilines is 1. The smallest absolute Gasteiger partial charge is 0.0320 e. The summed E-state index contributed by atoms with van der Waals surface area (Å²) < 4.78 is 0. The monoisotopic (exact) mass is 260 g/mol. The Morgan fingerprint density at radius 1 is 1.11 bits per heavy atom. The van der Waals surface area contributed by atoms with Gasteiger partial charge in [0.15, 0.2) is 0 Å². The lowest BCUT2D eigenvalue weighted by molar-refractivity contribution is -0.0403. The zero-order valence-corrected chi connectivity index (χ0v) is 12.7. The summed E-state index contributed by atoms with van der Waals surface area (Å²) in [4.78, 5) is 2.61. The van der Waals surface area contributed by atoms with Crippen molar-refractivity contribution in [3.05, 3.63) is 29.8 Å². The molecule has 19 heavy (non-hydrogen) atoms. The first-order valence-electron chi connectivity index (χ1n) is 7.70. The molecule has 0 saturated carbocycles. The second-order valence-corrected chi connectivity index (χ2v) is 6.25. The average Bonchev–Trinajstić information content (AvgIpc) is 2.36. The first-order valence-corrected chi connectivity index (χ1v) is 7.70. The molecule has 0 bridgehead atoms. The Bertz CT molecular complexity index is 382. The second-order valence-electron chi connectivity index (χ2n) is 6.25. The standard InChI is InChI=1S/C17H28N2/c1-4-10-17(11-5-2)12-19(13-17)14(3)15-6-8-16(18)9-7-15/h6-9,14H,4-5,10-13,18H2,1-3H3. The summed E-state index contributed by atoms with van der Waals surface area (Å²) in [6.45, 7) is 9.46. The molecule has 1 saturated heterocycles. The molecule has 1 aliphatic rings. The average molecular weight is 260 g/mol. The van der Waals surface area contributed by atoms with Gasteiger partial charge in [-0.15, -0.1) is 0 Å². The van der Waals surface area contributed by atoms with Gasteiger partial charge in [0.2, 0.25) is 0 Å². The van der Waals surface area contributed by atoms with E-state index in [1.54, 1.807) is 0 Å². The lowest BCUT2D eigenvalue weighted by Gasteiger charge is -2.53. The van der Waals surface area contributed by atoms with Gasteiger partial charge in [0, 0.05) is 24.8 Å². The van der Waals surface area contributed by atoms with E-state index in [9.17, 15) is 0 Å². The normalized spacial score (nSPS) is 19.9. The summed E-state index contributed by atoms with van der Waals surface area (Å²) in [5.74, 6) is 0. The SMILES string of the molecule is CCCC1(CCC)CN(C(C)c2ccc(N)cc2)C1. The summed E-state index contributed by atoms with van der Waals surface area (Å²) in [7, 11) is 0. The minimum absolute atomic E-state index is 0.516. The fourth-order valence-electron chi connectivity index (χ4n) is 3.58. The molecule has 2 heteroatoms. The molecule has 1 aromatic rings. The van der Waals surface area contributed by atoms with Crippen LogP contribution in [0, 0.1) is 5.41 Å². The van der Waals surface area contributed by atoms with Crippen LogP contribution in [0.5, 0.6) is 0 Å². The van der Waals surface area contributed by atoms with Crippen LogP contribution in [0.15, 0.2) is 24.3 Å². The van der Waals surface area contributed by atoms with Crippen LogP contribution in [-0.4, -0.2) is 18.0 Å². The van der Waals surface area contributed by atoms with Crippen molar-refractivity contribution in [2.24, 2.45) is 5.41 Å². The minimum Gasteiger partial charge on any atom is -0.399 e. The van der Waals surface area contributed by atoms with Crippen LogP contribution in [0.1, 0.15) is 58.1 Å². The maximum Gasteiger partial charge on any atom is 0.0320 e. The summed E-state index contributed by atoms with van der Waals surface area (Å²) in [5.41, 5.74) is 8.60. The van der Waals surface area contributed by atoms with Crippen molar-refractivity contribution in [3.8, 4) is 0 Å². The Balaban J connectivity index is 1.96. The topological polar surface area (TPSA) is 29.3 Å². The molecule has 1 fully saturated rings. The van der Waals surface area contributed by atoms with Gasteiger partial charge in [0.25, 0.3) is 0 Å². The molecule has 1 atom stereocenters. The molecular weight excluding hydrogens is 232 g/mol. The predicted molar refractivity (Wildman–Crippen MR) is 83.1 cm³/mol. The van der Waals surface area contributed by atoms with Gasteiger partial charge in [0.05, 0.1) is 0 Å². The molecule has 2 nitrogen and oxygen atoms in total. The molecule has 0 radical (unpaired) electrons.